The van der Waals surface area contributed by atoms with Crippen LogP contribution in [0.2, 0.25) is 5.02 Å². The van der Waals surface area contributed by atoms with Gasteiger partial charge in [0.2, 0.25) is 0 Å². The molecular formula is C12H15ClO3. The Kier molecular flexibility index (Phi) is 3.56. The van der Waals surface area contributed by atoms with Crippen molar-refractivity contribution in [3.05, 3.63) is 22.2 Å². The Hall–Kier alpha value is -0.930. The number of hydrogen-bond donors (Lipinski definition) is 1. The first-order chi connectivity index (χ1) is 7.77. The summed E-state index contributed by atoms with van der Waals surface area (Å²) in [6.07, 6.45) is 1.42. The van der Waals surface area contributed by atoms with Gasteiger partial charge in [0.15, 0.2) is 11.5 Å². The van der Waals surface area contributed by atoms with Gasteiger partial charge in [0, 0.05) is 6.61 Å². The molecule has 3 nitrogen and oxygen atoms in total. The number of rotatable bonds is 3. The van der Waals surface area contributed by atoms with Gasteiger partial charge in [-0.1, -0.05) is 18.5 Å². The molecule has 1 heterocycles. The zero-order chi connectivity index (χ0) is 11.5. The first-order valence-corrected chi connectivity index (χ1v) is 5.86. The van der Waals surface area contributed by atoms with E-state index < -0.39 is 0 Å². The van der Waals surface area contributed by atoms with E-state index in [1.807, 2.05) is 13.0 Å². The molecule has 1 N–H and O–H groups in total. The molecule has 0 spiro atoms. The monoisotopic (exact) mass is 242 g/mol. The summed E-state index contributed by atoms with van der Waals surface area (Å²) in [5.74, 6) is 1.34. The van der Waals surface area contributed by atoms with E-state index in [4.69, 9.17) is 26.2 Å². The highest BCUT2D eigenvalue weighted by atomic mass is 35.5. The summed E-state index contributed by atoms with van der Waals surface area (Å²) in [7, 11) is 0. The normalized spacial score (nSPS) is 13.9. The van der Waals surface area contributed by atoms with Crippen LogP contribution < -0.4 is 9.47 Å². The summed E-state index contributed by atoms with van der Waals surface area (Å²) < 4.78 is 11.0. The van der Waals surface area contributed by atoms with E-state index in [-0.39, 0.29) is 6.61 Å². The lowest BCUT2D eigenvalue weighted by Gasteiger charge is -2.22. The van der Waals surface area contributed by atoms with Crippen LogP contribution in [0.4, 0.5) is 0 Å². The predicted octanol–water partition coefficient (Wildman–Crippen LogP) is 2.21. The molecule has 0 saturated carbocycles. The minimum absolute atomic E-state index is 0.114. The third kappa shape index (κ3) is 1.97. The smallest absolute Gasteiger partial charge is 0.180 e. The van der Waals surface area contributed by atoms with Gasteiger partial charge in [-0.15, -0.1) is 0 Å². The molecule has 1 aliphatic heterocycles. The summed E-state index contributed by atoms with van der Waals surface area (Å²) in [5, 5.41) is 9.65. The standard InChI is InChI=1S/C12H15ClO3/c1-2-9-8(3-4-14)7-10-12(11(9)13)16-6-5-15-10/h7,14H,2-6H2,1H3. The van der Waals surface area contributed by atoms with Crippen LogP contribution in [0.3, 0.4) is 0 Å². The van der Waals surface area contributed by atoms with E-state index in [1.165, 1.54) is 0 Å². The fraction of sp³-hybridized carbons (Fsp3) is 0.500. The third-order valence-corrected chi connectivity index (χ3v) is 3.10. The molecule has 1 aromatic carbocycles. The summed E-state index contributed by atoms with van der Waals surface area (Å²) in [6, 6.07) is 1.93. The van der Waals surface area contributed by atoms with Crippen LogP contribution in [-0.4, -0.2) is 24.9 Å². The maximum atomic E-state index is 9.02. The average molecular weight is 243 g/mol. The van der Waals surface area contributed by atoms with Crippen molar-refractivity contribution in [2.24, 2.45) is 0 Å². The van der Waals surface area contributed by atoms with Crippen LogP contribution in [0.1, 0.15) is 18.1 Å². The largest absolute Gasteiger partial charge is 0.486 e. The molecule has 88 valence electrons. The minimum atomic E-state index is 0.114. The molecule has 2 rings (SSSR count). The molecule has 0 bridgehead atoms. The van der Waals surface area contributed by atoms with Crippen LogP contribution in [0.25, 0.3) is 0 Å². The first kappa shape index (κ1) is 11.6. The molecule has 4 heteroatoms. The molecule has 0 aromatic heterocycles. The SMILES string of the molecule is CCc1c(CCO)cc2c(c1Cl)OCCO2. The molecule has 0 saturated heterocycles. The van der Waals surface area contributed by atoms with Gasteiger partial charge >= 0.3 is 0 Å². The Balaban J connectivity index is 2.50. The number of aliphatic hydroxyl groups excluding tert-OH is 1. The zero-order valence-electron chi connectivity index (χ0n) is 9.25. The molecule has 0 fully saturated rings. The van der Waals surface area contributed by atoms with Gasteiger partial charge < -0.3 is 14.6 Å². The first-order valence-electron chi connectivity index (χ1n) is 5.48. The lowest BCUT2D eigenvalue weighted by molar-refractivity contribution is 0.171. The number of benzene rings is 1. The molecule has 0 atom stereocenters. The highest BCUT2D eigenvalue weighted by Gasteiger charge is 2.20. The van der Waals surface area contributed by atoms with Gasteiger partial charge in [-0.25, -0.2) is 0 Å². The number of aliphatic hydroxyl groups is 1. The van der Waals surface area contributed by atoms with Gasteiger partial charge in [0.25, 0.3) is 0 Å². The average Bonchev–Trinajstić information content (AvgIpc) is 2.30. The van der Waals surface area contributed by atoms with Gasteiger partial charge in [0.05, 0.1) is 5.02 Å². The van der Waals surface area contributed by atoms with Gasteiger partial charge in [-0.05, 0) is 30.0 Å². The van der Waals surface area contributed by atoms with Crippen LogP contribution >= 0.6 is 11.6 Å². The van der Waals surface area contributed by atoms with E-state index in [0.717, 1.165) is 17.5 Å². The quantitative estimate of drug-likeness (QED) is 0.883. The van der Waals surface area contributed by atoms with E-state index in [0.29, 0.717) is 36.2 Å². The van der Waals surface area contributed by atoms with Crippen molar-refractivity contribution in [3.63, 3.8) is 0 Å². The van der Waals surface area contributed by atoms with E-state index in [1.54, 1.807) is 0 Å². The molecule has 1 aromatic rings. The molecule has 0 unspecified atom stereocenters. The van der Waals surface area contributed by atoms with Crippen LogP contribution in [0.5, 0.6) is 11.5 Å². The molecule has 16 heavy (non-hydrogen) atoms. The van der Waals surface area contributed by atoms with Crippen LogP contribution in [0, 0.1) is 0 Å². The third-order valence-electron chi connectivity index (χ3n) is 2.70. The number of halogens is 1. The Morgan fingerprint density at radius 3 is 2.81 bits per heavy atom. The van der Waals surface area contributed by atoms with Gasteiger partial charge in [-0.3, -0.25) is 0 Å². The fourth-order valence-corrected chi connectivity index (χ4v) is 2.36. The lowest BCUT2D eigenvalue weighted by Crippen LogP contribution is -2.17. The second-order valence-corrected chi connectivity index (χ2v) is 4.06. The summed E-state index contributed by atoms with van der Waals surface area (Å²) >= 11 is 6.28. The van der Waals surface area contributed by atoms with Crippen molar-refractivity contribution in [2.75, 3.05) is 19.8 Å². The van der Waals surface area contributed by atoms with Crippen LogP contribution in [0.15, 0.2) is 6.07 Å². The van der Waals surface area contributed by atoms with E-state index in [9.17, 15) is 0 Å². The number of fused-ring (bicyclic) bond motifs is 1. The molecular weight excluding hydrogens is 228 g/mol. The summed E-state index contributed by atoms with van der Waals surface area (Å²) in [4.78, 5) is 0. The molecule has 0 amide bonds. The highest BCUT2D eigenvalue weighted by molar-refractivity contribution is 6.33. The maximum absolute atomic E-state index is 9.02. The second-order valence-electron chi connectivity index (χ2n) is 3.68. The van der Waals surface area contributed by atoms with Crippen molar-refractivity contribution in [2.45, 2.75) is 19.8 Å². The Morgan fingerprint density at radius 2 is 2.12 bits per heavy atom. The zero-order valence-corrected chi connectivity index (χ0v) is 10.0. The van der Waals surface area contributed by atoms with Crippen LogP contribution in [-0.2, 0) is 12.8 Å². The van der Waals surface area contributed by atoms with Gasteiger partial charge in [-0.2, -0.15) is 0 Å². The fourth-order valence-electron chi connectivity index (χ4n) is 1.96. The number of hydrogen-bond acceptors (Lipinski definition) is 3. The Labute approximate surface area is 99.9 Å². The van der Waals surface area contributed by atoms with Crippen molar-refractivity contribution < 1.29 is 14.6 Å². The molecule has 0 aliphatic carbocycles. The minimum Gasteiger partial charge on any atom is -0.486 e. The Bertz CT molecular complexity index is 390. The Morgan fingerprint density at radius 1 is 1.38 bits per heavy atom. The number of ether oxygens (including phenoxy) is 2. The second kappa shape index (κ2) is 4.93. The topological polar surface area (TPSA) is 38.7 Å². The van der Waals surface area contributed by atoms with E-state index in [2.05, 4.69) is 0 Å². The van der Waals surface area contributed by atoms with E-state index >= 15 is 0 Å². The summed E-state index contributed by atoms with van der Waals surface area (Å²) in [6.45, 7) is 3.24. The maximum Gasteiger partial charge on any atom is 0.180 e. The predicted molar refractivity (Wildman–Crippen MR) is 62.6 cm³/mol. The molecule has 0 radical (unpaired) electrons. The van der Waals surface area contributed by atoms with Crippen molar-refractivity contribution in [1.82, 2.24) is 0 Å². The van der Waals surface area contributed by atoms with Crippen molar-refractivity contribution >= 4 is 11.6 Å². The highest BCUT2D eigenvalue weighted by Crippen LogP contribution is 2.41. The van der Waals surface area contributed by atoms with Gasteiger partial charge in [0.1, 0.15) is 13.2 Å². The van der Waals surface area contributed by atoms with Crippen molar-refractivity contribution in [3.8, 4) is 11.5 Å². The lowest BCUT2D eigenvalue weighted by atomic mass is 10.0. The van der Waals surface area contributed by atoms with Crippen molar-refractivity contribution in [1.29, 1.82) is 0 Å². The summed E-state index contributed by atoms with van der Waals surface area (Å²) in [5.41, 5.74) is 2.08. The molecule has 1 aliphatic rings.